The van der Waals surface area contributed by atoms with Gasteiger partial charge in [0.2, 0.25) is 0 Å². The minimum atomic E-state index is 0.836. The van der Waals surface area contributed by atoms with Crippen LogP contribution in [0.1, 0.15) is 19.5 Å². The lowest BCUT2D eigenvalue weighted by Crippen LogP contribution is -2.20. The molecule has 0 saturated carbocycles. The Morgan fingerprint density at radius 2 is 2.15 bits per heavy atom. The van der Waals surface area contributed by atoms with Crippen LogP contribution in [0.2, 0.25) is 0 Å². The van der Waals surface area contributed by atoms with Crippen molar-refractivity contribution < 1.29 is 0 Å². The summed E-state index contributed by atoms with van der Waals surface area (Å²) in [6, 6.07) is 0. The van der Waals surface area contributed by atoms with Crippen LogP contribution >= 0.6 is 0 Å². The van der Waals surface area contributed by atoms with E-state index in [2.05, 4.69) is 28.7 Å². The average molecular weight is 179 g/mol. The van der Waals surface area contributed by atoms with Crippen LogP contribution in [0.4, 0.5) is 0 Å². The topological polar surface area (TPSA) is 31.9 Å². The zero-order chi connectivity index (χ0) is 9.26. The van der Waals surface area contributed by atoms with Gasteiger partial charge in [-0.15, -0.1) is 0 Å². The van der Waals surface area contributed by atoms with Crippen LogP contribution in [0, 0.1) is 11.8 Å². The fraction of sp³-hybridized carbons (Fsp3) is 0.700. The molecular formula is C10H17N3. The van der Waals surface area contributed by atoms with Crippen molar-refractivity contribution in [2.45, 2.75) is 20.4 Å². The van der Waals surface area contributed by atoms with Crippen LogP contribution in [0.5, 0.6) is 0 Å². The first kappa shape index (κ1) is 8.75. The Morgan fingerprint density at radius 1 is 1.46 bits per heavy atom. The zero-order valence-corrected chi connectivity index (χ0v) is 8.33. The molecule has 2 unspecified atom stereocenters. The summed E-state index contributed by atoms with van der Waals surface area (Å²) in [6.45, 7) is 8.13. The van der Waals surface area contributed by atoms with Gasteiger partial charge in [0.05, 0.1) is 6.33 Å². The highest BCUT2D eigenvalue weighted by atomic mass is 15.2. The van der Waals surface area contributed by atoms with E-state index in [1.165, 1.54) is 18.8 Å². The van der Waals surface area contributed by atoms with Gasteiger partial charge in [0.25, 0.3) is 0 Å². The van der Waals surface area contributed by atoms with Gasteiger partial charge in [-0.25, -0.2) is 4.98 Å². The van der Waals surface area contributed by atoms with Gasteiger partial charge in [0, 0.05) is 31.5 Å². The summed E-state index contributed by atoms with van der Waals surface area (Å²) in [5.74, 6) is 1.67. The van der Waals surface area contributed by atoms with Crippen molar-refractivity contribution in [2.24, 2.45) is 11.8 Å². The molecule has 1 aromatic heterocycles. The second-order valence-corrected chi connectivity index (χ2v) is 4.23. The third kappa shape index (κ3) is 1.91. The van der Waals surface area contributed by atoms with Crippen LogP contribution in [0.15, 0.2) is 12.5 Å². The number of aromatic nitrogens is 2. The average Bonchev–Trinajstić information content (AvgIpc) is 2.64. The van der Waals surface area contributed by atoms with Crippen molar-refractivity contribution in [3.8, 4) is 0 Å². The molecule has 3 nitrogen and oxygen atoms in total. The predicted octanol–water partition coefficient (Wildman–Crippen LogP) is 1.50. The molecule has 2 heterocycles. The molecule has 0 aliphatic carbocycles. The third-order valence-corrected chi connectivity index (χ3v) is 3.01. The number of nitrogens with zero attached hydrogens (tertiary/aromatic N) is 2. The van der Waals surface area contributed by atoms with Gasteiger partial charge >= 0.3 is 0 Å². The molecule has 0 amide bonds. The highest BCUT2D eigenvalue weighted by Gasteiger charge is 2.25. The molecule has 1 aliphatic heterocycles. The molecular weight excluding hydrogens is 162 g/mol. The monoisotopic (exact) mass is 179 g/mol. The van der Waals surface area contributed by atoms with Crippen molar-refractivity contribution in [3.63, 3.8) is 0 Å². The molecule has 0 radical (unpaired) electrons. The van der Waals surface area contributed by atoms with E-state index in [-0.39, 0.29) is 0 Å². The molecule has 13 heavy (non-hydrogen) atoms. The van der Waals surface area contributed by atoms with Gasteiger partial charge in [-0.3, -0.25) is 4.90 Å². The number of hydrogen-bond donors (Lipinski definition) is 1. The molecule has 3 heteroatoms. The standard InChI is InChI=1S/C10H17N3/c1-8-4-13(5-9(8)2)6-10-3-11-7-12-10/h3,7-9H,4-6H2,1-2H3,(H,11,12). The van der Waals surface area contributed by atoms with Crippen molar-refractivity contribution in [1.29, 1.82) is 0 Å². The molecule has 1 N–H and O–H groups in total. The molecule has 1 aliphatic rings. The number of H-pyrrole nitrogens is 1. The van der Waals surface area contributed by atoms with E-state index in [0.29, 0.717) is 0 Å². The minimum absolute atomic E-state index is 0.836. The van der Waals surface area contributed by atoms with Gasteiger partial charge in [-0.1, -0.05) is 13.8 Å². The molecule has 1 aromatic rings. The van der Waals surface area contributed by atoms with Crippen molar-refractivity contribution in [2.75, 3.05) is 13.1 Å². The normalized spacial score (nSPS) is 29.7. The highest BCUT2D eigenvalue weighted by Crippen LogP contribution is 2.22. The zero-order valence-electron chi connectivity index (χ0n) is 8.33. The Balaban J connectivity index is 1.91. The molecule has 0 spiro atoms. The maximum absolute atomic E-state index is 4.02. The summed E-state index contributed by atoms with van der Waals surface area (Å²) < 4.78 is 0. The summed E-state index contributed by atoms with van der Waals surface area (Å²) in [5.41, 5.74) is 1.22. The predicted molar refractivity (Wildman–Crippen MR) is 52.2 cm³/mol. The number of nitrogens with one attached hydrogen (secondary N) is 1. The van der Waals surface area contributed by atoms with E-state index in [0.717, 1.165) is 18.4 Å². The lowest BCUT2D eigenvalue weighted by Gasteiger charge is -2.13. The summed E-state index contributed by atoms with van der Waals surface area (Å²) in [7, 11) is 0. The maximum atomic E-state index is 4.02. The van der Waals surface area contributed by atoms with Crippen LogP contribution in [-0.2, 0) is 6.54 Å². The number of aromatic amines is 1. The summed E-state index contributed by atoms with van der Waals surface area (Å²) >= 11 is 0. The number of likely N-dealkylation sites (tertiary alicyclic amines) is 1. The molecule has 2 atom stereocenters. The Morgan fingerprint density at radius 3 is 2.69 bits per heavy atom. The number of rotatable bonds is 2. The molecule has 0 aromatic carbocycles. The van der Waals surface area contributed by atoms with Gasteiger partial charge in [-0.05, 0) is 11.8 Å². The Labute approximate surface area is 79.2 Å². The van der Waals surface area contributed by atoms with E-state index in [1.807, 2.05) is 6.20 Å². The summed E-state index contributed by atoms with van der Waals surface area (Å²) in [4.78, 5) is 9.65. The van der Waals surface area contributed by atoms with Gasteiger partial charge < -0.3 is 4.98 Å². The van der Waals surface area contributed by atoms with Crippen LogP contribution in [-0.4, -0.2) is 28.0 Å². The largest absolute Gasteiger partial charge is 0.347 e. The molecule has 2 rings (SSSR count). The van der Waals surface area contributed by atoms with Crippen LogP contribution < -0.4 is 0 Å². The van der Waals surface area contributed by atoms with Gasteiger partial charge in [-0.2, -0.15) is 0 Å². The van der Waals surface area contributed by atoms with E-state index in [9.17, 15) is 0 Å². The molecule has 72 valence electrons. The van der Waals surface area contributed by atoms with Crippen molar-refractivity contribution >= 4 is 0 Å². The van der Waals surface area contributed by atoms with E-state index < -0.39 is 0 Å². The smallest absolute Gasteiger partial charge is 0.0922 e. The fourth-order valence-corrected chi connectivity index (χ4v) is 1.99. The van der Waals surface area contributed by atoms with Crippen LogP contribution in [0.3, 0.4) is 0 Å². The minimum Gasteiger partial charge on any atom is -0.347 e. The maximum Gasteiger partial charge on any atom is 0.0922 e. The highest BCUT2D eigenvalue weighted by molar-refractivity contribution is 4.95. The van der Waals surface area contributed by atoms with E-state index >= 15 is 0 Å². The van der Waals surface area contributed by atoms with Gasteiger partial charge in [0.15, 0.2) is 0 Å². The first-order valence-electron chi connectivity index (χ1n) is 4.95. The lowest BCUT2D eigenvalue weighted by molar-refractivity contribution is 0.313. The van der Waals surface area contributed by atoms with Crippen molar-refractivity contribution in [1.82, 2.24) is 14.9 Å². The van der Waals surface area contributed by atoms with E-state index in [1.54, 1.807) is 6.33 Å². The van der Waals surface area contributed by atoms with Crippen molar-refractivity contribution in [3.05, 3.63) is 18.2 Å². The first-order chi connectivity index (χ1) is 6.25. The Kier molecular flexibility index (Phi) is 2.36. The summed E-state index contributed by atoms with van der Waals surface area (Å²) in [5, 5.41) is 0. The molecule has 0 bridgehead atoms. The van der Waals surface area contributed by atoms with E-state index in [4.69, 9.17) is 0 Å². The Hall–Kier alpha value is -0.830. The number of hydrogen-bond acceptors (Lipinski definition) is 2. The van der Waals surface area contributed by atoms with Crippen LogP contribution in [0.25, 0.3) is 0 Å². The first-order valence-corrected chi connectivity index (χ1v) is 4.95. The SMILES string of the molecule is CC1CN(Cc2cnc[nH]2)CC1C. The lowest BCUT2D eigenvalue weighted by atomic mass is 10.0. The summed E-state index contributed by atoms with van der Waals surface area (Å²) in [6.07, 6.45) is 3.66. The number of imidazole rings is 1. The second-order valence-electron chi connectivity index (χ2n) is 4.23. The Bertz CT molecular complexity index is 245. The third-order valence-electron chi connectivity index (χ3n) is 3.01. The second kappa shape index (κ2) is 3.50. The quantitative estimate of drug-likeness (QED) is 0.746. The molecule has 1 saturated heterocycles. The van der Waals surface area contributed by atoms with Gasteiger partial charge in [0.1, 0.15) is 0 Å². The molecule has 1 fully saturated rings. The fourth-order valence-electron chi connectivity index (χ4n) is 1.99.